The predicted molar refractivity (Wildman–Crippen MR) is 81.0 cm³/mol. The highest BCUT2D eigenvalue weighted by atomic mass is 79.9. The molecular weight excluding hydrogens is 328 g/mol. The summed E-state index contributed by atoms with van der Waals surface area (Å²) in [4.78, 5) is 0. The molecule has 102 valence electrons. The first-order valence-corrected chi connectivity index (χ1v) is 7.19. The molecule has 19 heavy (non-hydrogen) atoms. The van der Waals surface area contributed by atoms with Crippen LogP contribution in [-0.4, -0.2) is 9.78 Å². The highest BCUT2D eigenvalue weighted by molar-refractivity contribution is 9.10. The maximum Gasteiger partial charge on any atom is 0.0904 e. The molecule has 2 aromatic rings. The molecule has 2 rings (SSSR count). The van der Waals surface area contributed by atoms with Crippen molar-refractivity contribution in [3.63, 3.8) is 0 Å². The number of nitrogens with zero attached hydrogens (tertiary/aromatic N) is 2. The molecule has 0 fully saturated rings. The predicted octanol–water partition coefficient (Wildman–Crippen LogP) is 3.18. The summed E-state index contributed by atoms with van der Waals surface area (Å²) in [5.41, 5.74) is 5.91. The summed E-state index contributed by atoms with van der Waals surface area (Å²) < 4.78 is 2.84. The molecule has 0 saturated carbocycles. The van der Waals surface area contributed by atoms with Gasteiger partial charge in [-0.15, -0.1) is 0 Å². The van der Waals surface area contributed by atoms with Gasteiger partial charge in [0.2, 0.25) is 0 Å². The van der Waals surface area contributed by atoms with E-state index in [9.17, 15) is 0 Å². The molecule has 0 aliphatic rings. The molecule has 3 N–H and O–H groups in total. The zero-order valence-corrected chi connectivity index (χ0v) is 13.2. The van der Waals surface area contributed by atoms with Crippen LogP contribution in [0.3, 0.4) is 0 Å². The Morgan fingerprint density at radius 2 is 2.26 bits per heavy atom. The molecule has 1 aromatic carbocycles. The SMILES string of the molecule is CCn1ncc(Cl)c1C(NN)c1cc(C)ccc1Br. The zero-order chi connectivity index (χ0) is 14.0. The van der Waals surface area contributed by atoms with Gasteiger partial charge in [0, 0.05) is 11.0 Å². The average molecular weight is 344 g/mol. The first-order chi connectivity index (χ1) is 9.08. The van der Waals surface area contributed by atoms with Crippen LogP contribution in [0.15, 0.2) is 28.9 Å². The Labute approximate surface area is 126 Å². The van der Waals surface area contributed by atoms with Crippen LogP contribution < -0.4 is 11.3 Å². The van der Waals surface area contributed by atoms with E-state index in [2.05, 4.69) is 32.5 Å². The summed E-state index contributed by atoms with van der Waals surface area (Å²) in [7, 11) is 0. The number of aryl methyl sites for hydroxylation is 2. The van der Waals surface area contributed by atoms with Crippen LogP contribution in [0.5, 0.6) is 0 Å². The van der Waals surface area contributed by atoms with E-state index in [1.807, 2.05) is 30.7 Å². The molecule has 0 saturated heterocycles. The number of nitrogens with two attached hydrogens (primary N) is 1. The third-order valence-electron chi connectivity index (χ3n) is 3.04. The van der Waals surface area contributed by atoms with Crippen molar-refractivity contribution < 1.29 is 0 Å². The second-order valence-corrected chi connectivity index (χ2v) is 5.58. The quantitative estimate of drug-likeness (QED) is 0.662. The van der Waals surface area contributed by atoms with Crippen molar-refractivity contribution in [2.75, 3.05) is 0 Å². The van der Waals surface area contributed by atoms with Gasteiger partial charge in [0.15, 0.2) is 0 Å². The zero-order valence-electron chi connectivity index (χ0n) is 10.8. The second-order valence-electron chi connectivity index (χ2n) is 4.32. The van der Waals surface area contributed by atoms with E-state index in [0.717, 1.165) is 27.8 Å². The van der Waals surface area contributed by atoms with Gasteiger partial charge in [-0.05, 0) is 25.5 Å². The lowest BCUT2D eigenvalue weighted by molar-refractivity contribution is 0.542. The van der Waals surface area contributed by atoms with Crippen molar-refractivity contribution in [3.8, 4) is 0 Å². The van der Waals surface area contributed by atoms with Crippen molar-refractivity contribution in [2.24, 2.45) is 5.84 Å². The normalized spacial score (nSPS) is 12.7. The molecule has 0 aliphatic heterocycles. The van der Waals surface area contributed by atoms with Crippen LogP contribution in [0.25, 0.3) is 0 Å². The van der Waals surface area contributed by atoms with Gasteiger partial charge in [-0.3, -0.25) is 10.5 Å². The summed E-state index contributed by atoms with van der Waals surface area (Å²) in [6.45, 7) is 4.80. The fourth-order valence-corrected chi connectivity index (χ4v) is 2.84. The van der Waals surface area contributed by atoms with Crippen LogP contribution >= 0.6 is 27.5 Å². The second kappa shape index (κ2) is 6.05. The smallest absolute Gasteiger partial charge is 0.0904 e. The first-order valence-electron chi connectivity index (χ1n) is 6.01. The van der Waals surface area contributed by atoms with Crippen LogP contribution in [0.4, 0.5) is 0 Å². The van der Waals surface area contributed by atoms with E-state index in [1.54, 1.807) is 6.20 Å². The van der Waals surface area contributed by atoms with Gasteiger partial charge in [-0.2, -0.15) is 5.10 Å². The molecule has 1 atom stereocenters. The third kappa shape index (κ3) is 2.84. The standard InChI is InChI=1S/C13H16BrClN4/c1-3-19-13(11(15)7-17-19)12(18-16)9-6-8(2)4-5-10(9)14/h4-7,12,18H,3,16H2,1-2H3. The van der Waals surface area contributed by atoms with E-state index in [1.165, 1.54) is 0 Å². The maximum atomic E-state index is 6.25. The van der Waals surface area contributed by atoms with Crippen molar-refractivity contribution in [3.05, 3.63) is 50.7 Å². The molecular formula is C13H16BrClN4. The number of hydrazine groups is 1. The fourth-order valence-electron chi connectivity index (χ4n) is 2.11. The largest absolute Gasteiger partial charge is 0.271 e. The Morgan fingerprint density at radius 1 is 1.53 bits per heavy atom. The first kappa shape index (κ1) is 14.5. The Hall–Kier alpha value is -0.880. The maximum absolute atomic E-state index is 6.25. The minimum absolute atomic E-state index is 0.204. The summed E-state index contributed by atoms with van der Waals surface area (Å²) in [5.74, 6) is 5.74. The Morgan fingerprint density at radius 3 is 2.89 bits per heavy atom. The minimum Gasteiger partial charge on any atom is -0.271 e. The molecule has 6 heteroatoms. The Kier molecular flexibility index (Phi) is 4.62. The lowest BCUT2D eigenvalue weighted by Crippen LogP contribution is -2.31. The Balaban J connectivity index is 2.56. The molecule has 0 spiro atoms. The number of nitrogens with one attached hydrogen (secondary N) is 1. The third-order valence-corrected chi connectivity index (χ3v) is 4.05. The van der Waals surface area contributed by atoms with E-state index in [-0.39, 0.29) is 6.04 Å². The van der Waals surface area contributed by atoms with Crippen molar-refractivity contribution in [1.29, 1.82) is 0 Å². The van der Waals surface area contributed by atoms with E-state index in [0.29, 0.717) is 5.02 Å². The number of rotatable bonds is 4. The molecule has 1 unspecified atom stereocenters. The van der Waals surface area contributed by atoms with Gasteiger partial charge < -0.3 is 0 Å². The summed E-state index contributed by atoms with van der Waals surface area (Å²) >= 11 is 9.81. The number of benzene rings is 1. The van der Waals surface area contributed by atoms with Gasteiger partial charge in [0.05, 0.1) is 23.0 Å². The van der Waals surface area contributed by atoms with Crippen molar-refractivity contribution in [2.45, 2.75) is 26.4 Å². The van der Waals surface area contributed by atoms with Gasteiger partial charge >= 0.3 is 0 Å². The average Bonchev–Trinajstić information content (AvgIpc) is 2.76. The number of aromatic nitrogens is 2. The van der Waals surface area contributed by atoms with Crippen LogP contribution in [0.1, 0.15) is 29.8 Å². The molecule has 1 aromatic heterocycles. The molecule has 1 heterocycles. The monoisotopic (exact) mass is 342 g/mol. The lowest BCUT2D eigenvalue weighted by Gasteiger charge is -2.20. The Bertz CT molecular complexity index is 582. The van der Waals surface area contributed by atoms with E-state index in [4.69, 9.17) is 17.4 Å². The van der Waals surface area contributed by atoms with Crippen molar-refractivity contribution >= 4 is 27.5 Å². The van der Waals surface area contributed by atoms with Gasteiger partial charge in [0.25, 0.3) is 0 Å². The minimum atomic E-state index is -0.204. The summed E-state index contributed by atoms with van der Waals surface area (Å²) in [5, 5.41) is 4.86. The van der Waals surface area contributed by atoms with Crippen LogP contribution in [-0.2, 0) is 6.54 Å². The topological polar surface area (TPSA) is 55.9 Å². The summed E-state index contributed by atoms with van der Waals surface area (Å²) in [6, 6.07) is 5.93. The lowest BCUT2D eigenvalue weighted by atomic mass is 10.0. The van der Waals surface area contributed by atoms with E-state index >= 15 is 0 Å². The highest BCUT2D eigenvalue weighted by Crippen LogP contribution is 2.32. The molecule has 0 amide bonds. The molecule has 4 nitrogen and oxygen atoms in total. The van der Waals surface area contributed by atoms with Crippen LogP contribution in [0, 0.1) is 6.92 Å². The number of halogens is 2. The van der Waals surface area contributed by atoms with Gasteiger partial charge in [-0.1, -0.05) is 45.2 Å². The molecule has 0 aliphatic carbocycles. The summed E-state index contributed by atoms with van der Waals surface area (Å²) in [6.07, 6.45) is 1.65. The highest BCUT2D eigenvalue weighted by Gasteiger charge is 2.22. The number of hydrogen-bond acceptors (Lipinski definition) is 3. The van der Waals surface area contributed by atoms with Crippen molar-refractivity contribution in [1.82, 2.24) is 15.2 Å². The fraction of sp³-hybridized carbons (Fsp3) is 0.308. The van der Waals surface area contributed by atoms with Gasteiger partial charge in [-0.25, -0.2) is 5.43 Å². The number of hydrogen-bond donors (Lipinski definition) is 2. The van der Waals surface area contributed by atoms with Gasteiger partial charge in [0.1, 0.15) is 0 Å². The van der Waals surface area contributed by atoms with E-state index < -0.39 is 0 Å². The van der Waals surface area contributed by atoms with Crippen LogP contribution in [0.2, 0.25) is 5.02 Å². The molecule has 0 bridgehead atoms. The molecule has 0 radical (unpaired) electrons.